The molecular formula is C21H28ClN5O4. The smallest absolute Gasteiger partial charge is 0.317 e. The highest BCUT2D eigenvalue weighted by molar-refractivity contribution is 6.05. The number of carbonyl (C=O) groups is 4. The molecule has 0 aliphatic carbocycles. The third kappa shape index (κ3) is 4.83. The van der Waals surface area contributed by atoms with Crippen molar-refractivity contribution < 1.29 is 19.2 Å². The summed E-state index contributed by atoms with van der Waals surface area (Å²) in [5, 5.41) is 8.64. The minimum absolute atomic E-state index is 0. The van der Waals surface area contributed by atoms with Gasteiger partial charge in [0.1, 0.15) is 6.04 Å². The van der Waals surface area contributed by atoms with E-state index in [1.807, 2.05) is 12.1 Å². The molecule has 0 saturated carbocycles. The predicted octanol–water partition coefficient (Wildman–Crippen LogP) is 0.761. The highest BCUT2D eigenvalue weighted by atomic mass is 35.5. The molecule has 3 atom stereocenters. The molecule has 31 heavy (non-hydrogen) atoms. The Morgan fingerprint density at radius 1 is 1.16 bits per heavy atom. The van der Waals surface area contributed by atoms with Crippen molar-refractivity contribution in [2.24, 2.45) is 0 Å². The van der Waals surface area contributed by atoms with Gasteiger partial charge in [-0.25, -0.2) is 4.79 Å². The van der Waals surface area contributed by atoms with Crippen LogP contribution in [0.1, 0.15) is 48.2 Å². The summed E-state index contributed by atoms with van der Waals surface area (Å²) in [4.78, 5) is 52.3. The highest BCUT2D eigenvalue weighted by Crippen LogP contribution is 2.28. The summed E-state index contributed by atoms with van der Waals surface area (Å²) < 4.78 is 0. The van der Waals surface area contributed by atoms with Crippen molar-refractivity contribution in [3.05, 3.63) is 34.9 Å². The Kier molecular flexibility index (Phi) is 6.86. The second-order valence-electron chi connectivity index (χ2n) is 8.42. The monoisotopic (exact) mass is 449 g/mol. The number of halogens is 1. The number of nitrogens with zero attached hydrogens (tertiary/aromatic N) is 2. The summed E-state index contributed by atoms with van der Waals surface area (Å²) in [6.07, 6.45) is 0.575. The lowest BCUT2D eigenvalue weighted by Crippen LogP contribution is -2.57. The molecule has 2 fully saturated rings. The predicted molar refractivity (Wildman–Crippen MR) is 116 cm³/mol. The third-order valence-corrected chi connectivity index (χ3v) is 5.88. The first kappa shape index (κ1) is 23.0. The van der Waals surface area contributed by atoms with E-state index in [2.05, 4.69) is 29.8 Å². The van der Waals surface area contributed by atoms with Crippen LogP contribution in [-0.2, 0) is 22.7 Å². The zero-order valence-corrected chi connectivity index (χ0v) is 18.5. The number of piperidine rings is 1. The fourth-order valence-corrected chi connectivity index (χ4v) is 4.49. The SMILES string of the molecule is C[C@@H]1CN(C(=O)NCc2ccc3c(c2)C(=O)N(C2CCC(=O)NC2=O)C3)C[C@H](C)N1.Cl. The lowest BCUT2D eigenvalue weighted by atomic mass is 10.0. The summed E-state index contributed by atoms with van der Waals surface area (Å²) in [7, 11) is 0. The zero-order valence-electron chi connectivity index (χ0n) is 17.6. The van der Waals surface area contributed by atoms with Crippen LogP contribution < -0.4 is 16.0 Å². The number of hydrogen-bond acceptors (Lipinski definition) is 5. The number of carbonyl (C=O) groups excluding carboxylic acids is 4. The van der Waals surface area contributed by atoms with E-state index in [4.69, 9.17) is 0 Å². The third-order valence-electron chi connectivity index (χ3n) is 5.88. The molecule has 1 unspecified atom stereocenters. The Morgan fingerprint density at radius 3 is 2.55 bits per heavy atom. The quantitative estimate of drug-likeness (QED) is 0.590. The second kappa shape index (κ2) is 9.23. The molecule has 3 N–H and O–H groups in total. The molecule has 9 nitrogen and oxygen atoms in total. The number of amides is 5. The van der Waals surface area contributed by atoms with Crippen molar-refractivity contribution in [3.8, 4) is 0 Å². The Labute approximate surface area is 187 Å². The zero-order chi connectivity index (χ0) is 21.4. The van der Waals surface area contributed by atoms with Gasteiger partial charge < -0.3 is 20.4 Å². The van der Waals surface area contributed by atoms with Crippen LogP contribution in [-0.4, -0.2) is 64.8 Å². The fourth-order valence-electron chi connectivity index (χ4n) is 4.49. The van der Waals surface area contributed by atoms with Gasteiger partial charge in [-0.15, -0.1) is 12.4 Å². The first-order valence-electron chi connectivity index (χ1n) is 10.4. The van der Waals surface area contributed by atoms with E-state index in [0.717, 1.165) is 11.1 Å². The highest BCUT2D eigenvalue weighted by Gasteiger charge is 2.39. The van der Waals surface area contributed by atoms with Crippen LogP contribution >= 0.6 is 12.4 Å². The van der Waals surface area contributed by atoms with Crippen LogP contribution in [0.25, 0.3) is 0 Å². The molecule has 5 amide bonds. The van der Waals surface area contributed by atoms with Gasteiger partial charge in [-0.3, -0.25) is 19.7 Å². The first-order chi connectivity index (χ1) is 14.3. The number of hydrogen-bond donors (Lipinski definition) is 3. The van der Waals surface area contributed by atoms with Gasteiger partial charge in [0.05, 0.1) is 0 Å². The minimum atomic E-state index is -0.623. The van der Waals surface area contributed by atoms with Crippen molar-refractivity contribution in [3.63, 3.8) is 0 Å². The van der Waals surface area contributed by atoms with Crippen LogP contribution in [0.2, 0.25) is 0 Å². The standard InChI is InChI=1S/C21H27N5O4.ClH/c1-12-9-25(10-13(2)23-12)21(30)22-8-14-3-4-15-11-26(20(29)16(15)7-14)17-5-6-18(27)24-19(17)28;/h3-4,7,12-13,17,23H,5-6,8-11H2,1-2H3,(H,22,30)(H,24,27,28);1H/t12-,13+,17?;. The normalized spacial score (nSPS) is 25.6. The van der Waals surface area contributed by atoms with Crippen molar-refractivity contribution in [1.29, 1.82) is 0 Å². The maximum atomic E-state index is 12.9. The summed E-state index contributed by atoms with van der Waals surface area (Å²) in [5.74, 6) is -0.927. The first-order valence-corrected chi connectivity index (χ1v) is 10.4. The summed E-state index contributed by atoms with van der Waals surface area (Å²) in [6.45, 7) is 6.08. The van der Waals surface area contributed by atoms with Gasteiger partial charge >= 0.3 is 6.03 Å². The molecule has 0 aromatic heterocycles. The lowest BCUT2D eigenvalue weighted by Gasteiger charge is -2.36. The Morgan fingerprint density at radius 2 is 1.87 bits per heavy atom. The molecule has 1 aromatic rings. The van der Waals surface area contributed by atoms with Crippen LogP contribution in [0.15, 0.2) is 18.2 Å². The number of rotatable bonds is 3. The van der Waals surface area contributed by atoms with Crippen LogP contribution in [0.3, 0.4) is 0 Å². The summed E-state index contributed by atoms with van der Waals surface area (Å²) in [6, 6.07) is 5.30. The number of fused-ring (bicyclic) bond motifs is 1. The van der Waals surface area contributed by atoms with Gasteiger partial charge in [-0.1, -0.05) is 12.1 Å². The van der Waals surface area contributed by atoms with Gasteiger partial charge in [0, 0.05) is 50.2 Å². The van der Waals surface area contributed by atoms with E-state index in [1.54, 1.807) is 11.0 Å². The van der Waals surface area contributed by atoms with Crippen LogP contribution in [0.5, 0.6) is 0 Å². The molecule has 10 heteroatoms. The maximum absolute atomic E-state index is 12.9. The molecule has 3 aliphatic heterocycles. The molecule has 0 bridgehead atoms. The topological polar surface area (TPSA) is 111 Å². The van der Waals surface area contributed by atoms with E-state index in [1.165, 1.54) is 4.90 Å². The molecule has 0 radical (unpaired) electrons. The molecule has 2 saturated heterocycles. The molecule has 4 rings (SSSR count). The fraction of sp³-hybridized carbons (Fsp3) is 0.524. The van der Waals surface area contributed by atoms with Gasteiger partial charge in [0.2, 0.25) is 11.8 Å². The van der Waals surface area contributed by atoms with E-state index >= 15 is 0 Å². The van der Waals surface area contributed by atoms with E-state index in [9.17, 15) is 19.2 Å². The average Bonchev–Trinajstić information content (AvgIpc) is 3.01. The van der Waals surface area contributed by atoms with E-state index < -0.39 is 11.9 Å². The molecule has 3 aliphatic rings. The number of piperazine rings is 1. The lowest BCUT2D eigenvalue weighted by molar-refractivity contribution is -0.136. The van der Waals surface area contributed by atoms with E-state index in [-0.39, 0.29) is 48.8 Å². The Balaban J connectivity index is 0.00000272. The largest absolute Gasteiger partial charge is 0.334 e. The van der Waals surface area contributed by atoms with Crippen molar-refractivity contribution in [2.75, 3.05) is 13.1 Å². The van der Waals surface area contributed by atoms with Crippen molar-refractivity contribution in [2.45, 2.75) is 57.9 Å². The Hall–Kier alpha value is -2.65. The minimum Gasteiger partial charge on any atom is -0.334 e. The molecule has 168 valence electrons. The maximum Gasteiger partial charge on any atom is 0.317 e. The van der Waals surface area contributed by atoms with Gasteiger partial charge in [0.15, 0.2) is 0 Å². The van der Waals surface area contributed by atoms with Gasteiger partial charge in [-0.2, -0.15) is 0 Å². The van der Waals surface area contributed by atoms with Gasteiger partial charge in [-0.05, 0) is 37.5 Å². The molecular weight excluding hydrogens is 422 g/mol. The molecule has 3 heterocycles. The summed E-state index contributed by atoms with van der Waals surface area (Å²) >= 11 is 0. The number of nitrogens with one attached hydrogen (secondary N) is 3. The van der Waals surface area contributed by atoms with Crippen LogP contribution in [0.4, 0.5) is 4.79 Å². The van der Waals surface area contributed by atoms with Gasteiger partial charge in [0.25, 0.3) is 5.91 Å². The van der Waals surface area contributed by atoms with E-state index in [0.29, 0.717) is 38.2 Å². The number of benzene rings is 1. The number of urea groups is 1. The van der Waals surface area contributed by atoms with Crippen molar-refractivity contribution in [1.82, 2.24) is 25.8 Å². The second-order valence-corrected chi connectivity index (χ2v) is 8.42. The Bertz CT molecular complexity index is 898. The molecule has 1 aromatic carbocycles. The van der Waals surface area contributed by atoms with Crippen molar-refractivity contribution >= 4 is 36.2 Å². The summed E-state index contributed by atoms with van der Waals surface area (Å²) in [5.41, 5.74) is 2.23. The average molecular weight is 450 g/mol. The number of imide groups is 1. The molecule has 0 spiro atoms. The van der Waals surface area contributed by atoms with Crippen LogP contribution in [0, 0.1) is 0 Å².